The molecule has 1 heterocycles. The van der Waals surface area contributed by atoms with Crippen molar-refractivity contribution in [1.29, 1.82) is 0 Å². The van der Waals surface area contributed by atoms with Gasteiger partial charge in [0.1, 0.15) is 0 Å². The average Bonchev–Trinajstić information content (AvgIpc) is 2.77. The van der Waals surface area contributed by atoms with Crippen molar-refractivity contribution in [1.82, 2.24) is 0 Å². The molecule has 0 saturated carbocycles. The number of halogens is 1. The van der Waals surface area contributed by atoms with Gasteiger partial charge < -0.3 is 0 Å². The van der Waals surface area contributed by atoms with Gasteiger partial charge >= 0.3 is 158 Å². The number of fused-ring (bicyclic) bond motifs is 7. The van der Waals surface area contributed by atoms with Crippen LogP contribution in [0.25, 0.3) is 32.7 Å². The van der Waals surface area contributed by atoms with E-state index in [-0.39, 0.29) is 0 Å². The van der Waals surface area contributed by atoms with Crippen LogP contribution in [0.4, 0.5) is 0 Å². The molecule has 0 aliphatic carbocycles. The molecule has 0 bridgehead atoms. The van der Waals surface area contributed by atoms with E-state index < -0.39 is 11.3 Å². The van der Waals surface area contributed by atoms with E-state index in [2.05, 4.69) is 92.9 Å². The van der Waals surface area contributed by atoms with Gasteiger partial charge in [0.2, 0.25) is 0 Å². The Bertz CT molecular complexity index is 996. The fourth-order valence-electron chi connectivity index (χ4n) is 3.91. The van der Waals surface area contributed by atoms with Crippen LogP contribution in [0.5, 0.6) is 0 Å². The third kappa shape index (κ3) is 2.33. The van der Waals surface area contributed by atoms with Gasteiger partial charge in [0.25, 0.3) is 0 Å². The van der Waals surface area contributed by atoms with E-state index in [1.54, 1.807) is 11.1 Å². The molecule has 1 aliphatic heterocycles. The summed E-state index contributed by atoms with van der Waals surface area (Å²) in [6.07, 6.45) is 0. The third-order valence-electron chi connectivity index (χ3n) is 4.96. The van der Waals surface area contributed by atoms with Crippen molar-refractivity contribution in [3.8, 4) is 11.1 Å². The first-order chi connectivity index (χ1) is 11.8. The number of rotatable bonds is 0. The van der Waals surface area contributed by atoms with Crippen LogP contribution in [0, 0.1) is 0 Å². The molecule has 0 aromatic heterocycles. The molecular formula is C22H16AsI. The van der Waals surface area contributed by atoms with E-state index in [0.29, 0.717) is 0 Å². The normalized spacial score (nSPS) is 14.4. The second-order valence-electron chi connectivity index (χ2n) is 6.42. The zero-order chi connectivity index (χ0) is 16.1. The number of hydrogen-bond acceptors (Lipinski definition) is 0. The molecule has 1 aliphatic rings. The third-order valence-corrected chi connectivity index (χ3v) is 11.4. The van der Waals surface area contributed by atoms with Crippen molar-refractivity contribution < 1.29 is 0 Å². The Morgan fingerprint density at radius 1 is 0.583 bits per heavy atom. The van der Waals surface area contributed by atoms with Gasteiger partial charge in [-0.25, -0.2) is 0 Å². The summed E-state index contributed by atoms with van der Waals surface area (Å²) in [5, 5.41) is 8.10. The Morgan fingerprint density at radius 2 is 1.04 bits per heavy atom. The summed E-state index contributed by atoms with van der Waals surface area (Å²) in [5.74, 6) is 0. The van der Waals surface area contributed by atoms with E-state index in [9.17, 15) is 0 Å². The van der Waals surface area contributed by atoms with Crippen molar-refractivity contribution >= 4 is 53.0 Å². The Morgan fingerprint density at radius 3 is 1.54 bits per heavy atom. The van der Waals surface area contributed by atoms with Crippen LogP contribution in [-0.2, 0) is 10.4 Å². The van der Waals surface area contributed by atoms with Gasteiger partial charge in [0, 0.05) is 0 Å². The summed E-state index contributed by atoms with van der Waals surface area (Å²) in [5.41, 5.74) is 6.10. The molecule has 0 N–H and O–H groups in total. The second-order valence-corrected chi connectivity index (χ2v) is 16.8. The van der Waals surface area contributed by atoms with E-state index in [0.717, 1.165) is 0 Å². The molecule has 4 aromatic rings. The molecule has 2 heteroatoms. The van der Waals surface area contributed by atoms with Gasteiger partial charge in [-0.15, -0.1) is 0 Å². The molecule has 116 valence electrons. The fraction of sp³-hybridized carbons (Fsp3) is 0.0909. The monoisotopic (exact) mass is 482 g/mol. The van der Waals surface area contributed by atoms with Crippen molar-refractivity contribution in [2.45, 2.75) is 10.4 Å². The summed E-state index contributed by atoms with van der Waals surface area (Å²) in [6, 6.07) is 27.1. The second kappa shape index (κ2) is 5.89. The first-order valence-electron chi connectivity index (χ1n) is 8.23. The summed E-state index contributed by atoms with van der Waals surface area (Å²) in [6.45, 7) is 0. The van der Waals surface area contributed by atoms with Crippen molar-refractivity contribution in [2.75, 3.05) is 0 Å². The van der Waals surface area contributed by atoms with E-state index in [4.69, 9.17) is 0 Å². The molecule has 4 aromatic carbocycles. The van der Waals surface area contributed by atoms with Gasteiger partial charge in [0.15, 0.2) is 0 Å². The molecule has 0 fully saturated rings. The molecule has 0 atom stereocenters. The first kappa shape index (κ1) is 15.0. The SMILES string of the molecule is I[As]1Cc2ccc3ccccc3c2-c2c(ccc3ccccc23)C1. The molecule has 0 unspecified atom stereocenters. The van der Waals surface area contributed by atoms with Crippen LogP contribution in [0.3, 0.4) is 0 Å². The van der Waals surface area contributed by atoms with Gasteiger partial charge in [0.05, 0.1) is 0 Å². The molecule has 0 nitrogen and oxygen atoms in total. The van der Waals surface area contributed by atoms with E-state index in [1.807, 2.05) is 0 Å². The van der Waals surface area contributed by atoms with Crippen LogP contribution < -0.4 is 0 Å². The zero-order valence-electron chi connectivity index (χ0n) is 13.2. The Balaban J connectivity index is 2.00. The van der Waals surface area contributed by atoms with Crippen LogP contribution in [0.15, 0.2) is 72.8 Å². The summed E-state index contributed by atoms with van der Waals surface area (Å²) < 4.78 is 0. The molecule has 5 rings (SSSR count). The average molecular weight is 482 g/mol. The Hall–Kier alpha value is -1.31. The quantitative estimate of drug-likeness (QED) is 0.205. The minimum atomic E-state index is -0.877. The number of hydrogen-bond donors (Lipinski definition) is 0. The maximum absolute atomic E-state index is 2.77. The van der Waals surface area contributed by atoms with Crippen molar-refractivity contribution in [3.05, 3.63) is 83.9 Å². The Labute approximate surface area is 157 Å². The van der Waals surface area contributed by atoms with Gasteiger partial charge in [-0.05, 0) is 0 Å². The summed E-state index contributed by atoms with van der Waals surface area (Å²) in [7, 11) is 0. The van der Waals surface area contributed by atoms with Crippen LogP contribution >= 0.6 is 20.1 Å². The van der Waals surface area contributed by atoms with Crippen LogP contribution in [0.1, 0.15) is 11.1 Å². The predicted octanol–water partition coefficient (Wildman–Crippen LogP) is 6.26. The molecule has 0 radical (unpaired) electrons. The van der Waals surface area contributed by atoms with Crippen LogP contribution in [-0.4, -0.2) is 11.3 Å². The van der Waals surface area contributed by atoms with E-state index >= 15 is 0 Å². The van der Waals surface area contributed by atoms with E-state index in [1.165, 1.54) is 43.1 Å². The molecule has 0 spiro atoms. The fourth-order valence-corrected chi connectivity index (χ4v) is 10.6. The first-order valence-corrected chi connectivity index (χ1v) is 16.6. The van der Waals surface area contributed by atoms with Gasteiger partial charge in [-0.3, -0.25) is 0 Å². The number of benzene rings is 4. The molecule has 0 saturated heterocycles. The summed E-state index contributed by atoms with van der Waals surface area (Å²) in [4.78, 5) is 0. The minimum absolute atomic E-state index is 0.877. The Kier molecular flexibility index (Phi) is 3.68. The molecule has 24 heavy (non-hydrogen) atoms. The van der Waals surface area contributed by atoms with Crippen molar-refractivity contribution in [2.24, 2.45) is 0 Å². The zero-order valence-corrected chi connectivity index (χ0v) is 17.2. The maximum atomic E-state index is 2.77. The van der Waals surface area contributed by atoms with Gasteiger partial charge in [-0.2, -0.15) is 0 Å². The molecule has 0 amide bonds. The van der Waals surface area contributed by atoms with Crippen molar-refractivity contribution in [3.63, 3.8) is 0 Å². The predicted molar refractivity (Wildman–Crippen MR) is 114 cm³/mol. The standard InChI is InChI=1S/C22H16AsI/c24-23-13-17-11-9-15-5-1-3-7-19(15)21(17)22-18(14-23)12-10-16-6-2-4-8-20(16)22/h1-12H,13-14H2. The van der Waals surface area contributed by atoms with Gasteiger partial charge in [-0.1, -0.05) is 0 Å². The molecular weight excluding hydrogens is 466 g/mol. The topological polar surface area (TPSA) is 0 Å². The summed E-state index contributed by atoms with van der Waals surface area (Å²) >= 11 is 1.89. The van der Waals surface area contributed by atoms with Crippen LogP contribution in [0.2, 0.25) is 0 Å².